The van der Waals surface area contributed by atoms with E-state index in [-0.39, 0.29) is 0 Å². The summed E-state index contributed by atoms with van der Waals surface area (Å²) < 4.78 is 2.34. The largest absolute Gasteiger partial charge is 0.382 e. The molecule has 2 aromatic heterocycles. The zero-order valence-electron chi connectivity index (χ0n) is 24.4. The van der Waals surface area contributed by atoms with Gasteiger partial charge in [0.05, 0.1) is 22.2 Å². The summed E-state index contributed by atoms with van der Waals surface area (Å²) in [6, 6.07) is 47.1. The monoisotopic (exact) mass is 566 g/mol. The fraction of sp³-hybridized carbons (Fsp3) is 0.0500. The van der Waals surface area contributed by atoms with Crippen LogP contribution in [0.15, 0.2) is 146 Å². The van der Waals surface area contributed by atoms with E-state index in [9.17, 15) is 0 Å². The molecule has 4 nitrogen and oxygen atoms in total. The number of allylic oxidation sites excluding steroid dienone is 1. The molecule has 0 aliphatic carbocycles. The third-order valence-electron chi connectivity index (χ3n) is 8.33. The van der Waals surface area contributed by atoms with Crippen LogP contribution >= 0.6 is 0 Å². The van der Waals surface area contributed by atoms with E-state index in [0.717, 1.165) is 56.4 Å². The molecule has 0 aliphatic rings. The molecule has 8 aromatic rings. The van der Waals surface area contributed by atoms with Crippen molar-refractivity contribution in [2.24, 2.45) is 0 Å². The van der Waals surface area contributed by atoms with Gasteiger partial charge in [-0.3, -0.25) is 0 Å². The number of benzene rings is 6. The van der Waals surface area contributed by atoms with Gasteiger partial charge in [-0.1, -0.05) is 103 Å². The summed E-state index contributed by atoms with van der Waals surface area (Å²) in [6.07, 6.45) is 4.17. The lowest BCUT2D eigenvalue weighted by Crippen LogP contribution is -2.00. The molecule has 4 heteroatoms. The van der Waals surface area contributed by atoms with Crippen molar-refractivity contribution in [1.82, 2.24) is 14.5 Å². The molecular weight excluding hydrogens is 536 g/mol. The van der Waals surface area contributed by atoms with Gasteiger partial charge in [0.25, 0.3) is 0 Å². The Hall–Kier alpha value is -5.74. The second-order valence-corrected chi connectivity index (χ2v) is 11.0. The molecule has 0 saturated heterocycles. The van der Waals surface area contributed by atoms with E-state index < -0.39 is 0 Å². The molecule has 1 N–H and O–H groups in total. The average molecular weight is 567 g/mol. The molecule has 0 amide bonds. The van der Waals surface area contributed by atoms with Crippen molar-refractivity contribution in [1.29, 1.82) is 0 Å². The van der Waals surface area contributed by atoms with Crippen molar-refractivity contribution in [3.63, 3.8) is 0 Å². The summed E-state index contributed by atoms with van der Waals surface area (Å²) in [5.74, 6) is 0.707. The first kappa shape index (κ1) is 25.9. The van der Waals surface area contributed by atoms with E-state index in [4.69, 9.17) is 9.97 Å². The topological polar surface area (TPSA) is 42.7 Å². The smallest absolute Gasteiger partial charge is 0.160 e. The minimum absolute atomic E-state index is 0.707. The molecule has 0 atom stereocenters. The minimum atomic E-state index is 0.707. The van der Waals surface area contributed by atoms with Gasteiger partial charge in [-0.25, -0.2) is 9.97 Å². The molecule has 8 rings (SSSR count). The van der Waals surface area contributed by atoms with Crippen molar-refractivity contribution >= 4 is 49.2 Å². The molecular formula is C40H30N4. The van der Waals surface area contributed by atoms with E-state index in [1.807, 2.05) is 6.92 Å². The lowest BCUT2D eigenvalue weighted by Gasteiger charge is -2.14. The van der Waals surface area contributed by atoms with Crippen LogP contribution in [0.2, 0.25) is 0 Å². The van der Waals surface area contributed by atoms with Gasteiger partial charge in [0.2, 0.25) is 0 Å². The Bertz CT molecular complexity index is 2310. The number of anilines is 1. The number of aromatic nitrogens is 3. The molecule has 0 fully saturated rings. The first-order valence-corrected chi connectivity index (χ1v) is 15.0. The molecule has 0 saturated carbocycles. The molecule has 0 radical (unpaired) electrons. The SMILES string of the molecule is C/C=C\CNc1cccc(-c2nc(-c3cccc(-n4c5ccccc5c5ccccc54)c3)nc3c2ccc2ccccc23)c1. The molecule has 44 heavy (non-hydrogen) atoms. The second kappa shape index (κ2) is 10.8. The fourth-order valence-electron chi connectivity index (χ4n) is 6.27. The van der Waals surface area contributed by atoms with Crippen LogP contribution in [0.3, 0.4) is 0 Å². The average Bonchev–Trinajstić information content (AvgIpc) is 3.42. The molecule has 0 unspecified atom stereocenters. The van der Waals surface area contributed by atoms with Gasteiger partial charge >= 0.3 is 0 Å². The predicted octanol–water partition coefficient (Wildman–Crippen LogP) is 10.2. The van der Waals surface area contributed by atoms with E-state index in [1.54, 1.807) is 0 Å². The first-order chi connectivity index (χ1) is 21.8. The summed E-state index contributed by atoms with van der Waals surface area (Å²) in [5.41, 5.74) is 8.41. The maximum Gasteiger partial charge on any atom is 0.160 e. The van der Waals surface area contributed by atoms with Crippen LogP contribution in [-0.4, -0.2) is 21.1 Å². The lowest BCUT2D eigenvalue weighted by atomic mass is 10.0. The Morgan fingerprint density at radius 1 is 0.614 bits per heavy atom. The fourth-order valence-corrected chi connectivity index (χ4v) is 6.27. The highest BCUT2D eigenvalue weighted by Crippen LogP contribution is 2.36. The van der Waals surface area contributed by atoms with Crippen LogP contribution in [0.4, 0.5) is 5.69 Å². The van der Waals surface area contributed by atoms with Gasteiger partial charge in [0, 0.05) is 50.6 Å². The zero-order valence-corrected chi connectivity index (χ0v) is 24.4. The number of rotatable bonds is 6. The normalized spacial score (nSPS) is 11.8. The van der Waals surface area contributed by atoms with Crippen molar-refractivity contribution < 1.29 is 0 Å². The van der Waals surface area contributed by atoms with Crippen LogP contribution < -0.4 is 5.32 Å². The van der Waals surface area contributed by atoms with Crippen molar-refractivity contribution in [2.45, 2.75) is 6.92 Å². The third kappa shape index (κ3) is 4.40. The molecule has 210 valence electrons. The van der Waals surface area contributed by atoms with Gasteiger partial charge in [0.15, 0.2) is 5.82 Å². The number of nitrogens with zero attached hydrogens (tertiary/aromatic N) is 3. The van der Waals surface area contributed by atoms with Gasteiger partial charge in [-0.2, -0.15) is 0 Å². The van der Waals surface area contributed by atoms with E-state index in [1.165, 1.54) is 21.8 Å². The Labute approximate surface area is 256 Å². The van der Waals surface area contributed by atoms with Gasteiger partial charge in [-0.15, -0.1) is 0 Å². The number of nitrogens with one attached hydrogen (secondary N) is 1. The number of hydrogen-bond acceptors (Lipinski definition) is 3. The number of hydrogen-bond donors (Lipinski definition) is 1. The highest BCUT2D eigenvalue weighted by molar-refractivity contribution is 6.10. The van der Waals surface area contributed by atoms with Crippen LogP contribution in [0.1, 0.15) is 6.92 Å². The van der Waals surface area contributed by atoms with E-state index in [2.05, 4.69) is 155 Å². The van der Waals surface area contributed by atoms with Crippen LogP contribution in [0.25, 0.3) is 71.8 Å². The zero-order chi connectivity index (χ0) is 29.5. The molecule has 0 aliphatic heterocycles. The summed E-state index contributed by atoms with van der Waals surface area (Å²) in [5, 5.41) is 9.31. The van der Waals surface area contributed by atoms with E-state index >= 15 is 0 Å². The molecule has 6 aromatic carbocycles. The quantitative estimate of drug-likeness (QED) is 0.161. The summed E-state index contributed by atoms with van der Waals surface area (Å²) in [6.45, 7) is 2.81. The van der Waals surface area contributed by atoms with Crippen molar-refractivity contribution in [2.75, 3.05) is 11.9 Å². The Balaban J connectivity index is 1.35. The van der Waals surface area contributed by atoms with Gasteiger partial charge in [-0.05, 0) is 54.8 Å². The maximum absolute atomic E-state index is 5.27. The summed E-state index contributed by atoms with van der Waals surface area (Å²) in [7, 11) is 0. The van der Waals surface area contributed by atoms with Crippen LogP contribution in [0, 0.1) is 0 Å². The highest BCUT2D eigenvalue weighted by atomic mass is 15.0. The molecule has 2 heterocycles. The summed E-state index contributed by atoms with van der Waals surface area (Å²) >= 11 is 0. The second-order valence-electron chi connectivity index (χ2n) is 11.0. The Kier molecular flexibility index (Phi) is 6.38. The molecule has 0 bridgehead atoms. The third-order valence-corrected chi connectivity index (χ3v) is 8.33. The van der Waals surface area contributed by atoms with E-state index in [0.29, 0.717) is 5.82 Å². The number of para-hydroxylation sites is 2. The predicted molar refractivity (Wildman–Crippen MR) is 186 cm³/mol. The standard InChI is InChI=1S/C40H30N4/c1-2-3-24-41-30-15-10-13-28(25-30)38-35-23-22-27-12-4-5-17-32(27)39(35)43-40(42-38)29-14-11-16-31(26-29)44-36-20-8-6-18-33(36)34-19-7-9-21-37(34)44/h2-23,25-26,41H,24H2,1H3/b3-2-. The lowest BCUT2D eigenvalue weighted by molar-refractivity contribution is 1.17. The van der Waals surface area contributed by atoms with Gasteiger partial charge in [0.1, 0.15) is 0 Å². The maximum atomic E-state index is 5.27. The number of fused-ring (bicyclic) bond motifs is 6. The Morgan fingerprint density at radius 2 is 1.32 bits per heavy atom. The minimum Gasteiger partial charge on any atom is -0.382 e. The van der Waals surface area contributed by atoms with Gasteiger partial charge < -0.3 is 9.88 Å². The first-order valence-electron chi connectivity index (χ1n) is 15.0. The van der Waals surface area contributed by atoms with Crippen molar-refractivity contribution in [3.05, 3.63) is 146 Å². The Morgan fingerprint density at radius 3 is 2.11 bits per heavy atom. The van der Waals surface area contributed by atoms with Crippen LogP contribution in [0.5, 0.6) is 0 Å². The summed E-state index contributed by atoms with van der Waals surface area (Å²) in [4.78, 5) is 10.5. The van der Waals surface area contributed by atoms with Crippen LogP contribution in [-0.2, 0) is 0 Å². The van der Waals surface area contributed by atoms with Crippen molar-refractivity contribution in [3.8, 4) is 28.3 Å². The highest BCUT2D eigenvalue weighted by Gasteiger charge is 2.16. The molecule has 0 spiro atoms.